The van der Waals surface area contributed by atoms with Crippen molar-refractivity contribution in [1.82, 2.24) is 0 Å². The maximum Gasteiger partial charge on any atom is 0.335 e. The second-order valence-electron chi connectivity index (χ2n) is 10.7. The molecule has 0 aliphatic rings. The fraction of sp³-hybridized carbons (Fsp3) is 0.351. The molecule has 3 aromatic rings. The van der Waals surface area contributed by atoms with Crippen molar-refractivity contribution in [2.75, 3.05) is 33.5 Å². The van der Waals surface area contributed by atoms with Gasteiger partial charge in [0.1, 0.15) is 13.2 Å². The van der Waals surface area contributed by atoms with Crippen molar-refractivity contribution in [2.45, 2.75) is 51.9 Å². The predicted molar refractivity (Wildman–Crippen MR) is 172 cm³/mol. The Morgan fingerprint density at radius 1 is 0.791 bits per heavy atom. The number of carbonyl (C=O) groups excluding carboxylic acids is 2. The number of hydrogen-bond acceptors (Lipinski definition) is 6. The SMILES string of the molecule is C=C(CO)C(=O)OCC(COC(=O)C(=C)COC)c1ccc(-c2ccc(-c3ccc(CCCCC)cc3)c(CC)c2)cc1. The highest BCUT2D eigenvalue weighted by atomic mass is 16.5. The Hall–Kier alpha value is -4.00. The lowest BCUT2D eigenvalue weighted by Gasteiger charge is -2.19. The quantitative estimate of drug-likeness (QED) is 0.102. The van der Waals surface area contributed by atoms with Crippen molar-refractivity contribution in [3.8, 4) is 22.3 Å². The molecule has 3 aromatic carbocycles. The maximum absolute atomic E-state index is 12.3. The highest BCUT2D eigenvalue weighted by Gasteiger charge is 2.19. The van der Waals surface area contributed by atoms with E-state index in [4.69, 9.17) is 14.2 Å². The van der Waals surface area contributed by atoms with E-state index >= 15 is 0 Å². The van der Waals surface area contributed by atoms with Crippen LogP contribution in [0.4, 0.5) is 0 Å². The summed E-state index contributed by atoms with van der Waals surface area (Å²) in [5.41, 5.74) is 8.26. The smallest absolute Gasteiger partial charge is 0.335 e. The minimum absolute atomic E-state index is 0.0220. The zero-order valence-corrected chi connectivity index (χ0v) is 25.7. The van der Waals surface area contributed by atoms with Crippen molar-refractivity contribution < 1.29 is 28.9 Å². The molecule has 1 N–H and O–H groups in total. The van der Waals surface area contributed by atoms with E-state index < -0.39 is 24.5 Å². The Balaban J connectivity index is 1.78. The van der Waals surface area contributed by atoms with Crippen LogP contribution in [0.15, 0.2) is 91.0 Å². The summed E-state index contributed by atoms with van der Waals surface area (Å²) in [5.74, 6) is -1.70. The number of aryl methyl sites for hydroxylation is 2. The van der Waals surface area contributed by atoms with Gasteiger partial charge in [0, 0.05) is 7.11 Å². The fourth-order valence-corrected chi connectivity index (χ4v) is 4.82. The second kappa shape index (κ2) is 17.2. The molecule has 0 amide bonds. The zero-order valence-electron chi connectivity index (χ0n) is 25.7. The summed E-state index contributed by atoms with van der Waals surface area (Å²) in [6.07, 6.45) is 5.75. The van der Waals surface area contributed by atoms with Crippen LogP contribution in [0.1, 0.15) is 55.7 Å². The monoisotopic (exact) mass is 584 g/mol. The van der Waals surface area contributed by atoms with E-state index in [1.807, 2.05) is 24.3 Å². The molecule has 6 nitrogen and oxygen atoms in total. The van der Waals surface area contributed by atoms with Crippen molar-refractivity contribution in [3.05, 3.63) is 108 Å². The average molecular weight is 585 g/mol. The molecule has 228 valence electrons. The summed E-state index contributed by atoms with van der Waals surface area (Å²) < 4.78 is 15.7. The topological polar surface area (TPSA) is 82.1 Å². The van der Waals surface area contributed by atoms with E-state index in [1.54, 1.807) is 0 Å². The van der Waals surface area contributed by atoms with Gasteiger partial charge in [0.05, 0.1) is 30.3 Å². The van der Waals surface area contributed by atoms with Crippen LogP contribution in [-0.2, 0) is 36.6 Å². The molecule has 6 heteroatoms. The Labute approximate surface area is 256 Å². The van der Waals surface area contributed by atoms with Gasteiger partial charge in [-0.15, -0.1) is 0 Å². The van der Waals surface area contributed by atoms with E-state index in [-0.39, 0.29) is 31.0 Å². The molecule has 1 unspecified atom stereocenters. The van der Waals surface area contributed by atoms with Gasteiger partial charge in [-0.1, -0.05) is 107 Å². The lowest BCUT2D eigenvalue weighted by molar-refractivity contribution is -0.143. The molecule has 0 aliphatic heterocycles. The van der Waals surface area contributed by atoms with Crippen molar-refractivity contribution in [3.63, 3.8) is 0 Å². The fourth-order valence-electron chi connectivity index (χ4n) is 4.82. The number of aliphatic hydroxyl groups excluding tert-OH is 1. The summed E-state index contributed by atoms with van der Waals surface area (Å²) in [5, 5.41) is 9.19. The molecule has 0 aliphatic carbocycles. The molecule has 1 atom stereocenters. The third kappa shape index (κ3) is 9.77. The largest absolute Gasteiger partial charge is 0.461 e. The molecule has 0 saturated carbocycles. The average Bonchev–Trinajstić information content (AvgIpc) is 3.04. The predicted octanol–water partition coefficient (Wildman–Crippen LogP) is 7.24. The number of hydrogen-bond donors (Lipinski definition) is 1. The van der Waals surface area contributed by atoms with Crippen molar-refractivity contribution >= 4 is 11.9 Å². The Bertz CT molecular complexity index is 1370. The van der Waals surface area contributed by atoms with Gasteiger partial charge in [0.2, 0.25) is 0 Å². The second-order valence-corrected chi connectivity index (χ2v) is 10.7. The molecular formula is C37H44O6. The number of rotatable bonds is 17. The first-order valence-corrected chi connectivity index (χ1v) is 14.9. The molecule has 0 spiro atoms. The van der Waals surface area contributed by atoms with Gasteiger partial charge >= 0.3 is 11.9 Å². The zero-order chi connectivity index (χ0) is 31.2. The third-order valence-corrected chi connectivity index (χ3v) is 7.45. The number of benzene rings is 3. The number of ether oxygens (including phenoxy) is 3. The first-order chi connectivity index (χ1) is 20.8. The number of unbranched alkanes of at least 4 members (excludes halogenated alkanes) is 2. The lowest BCUT2D eigenvalue weighted by Crippen LogP contribution is -2.21. The third-order valence-electron chi connectivity index (χ3n) is 7.45. The molecule has 3 rings (SSSR count). The van der Waals surface area contributed by atoms with E-state index in [0.717, 1.165) is 29.5 Å². The highest BCUT2D eigenvalue weighted by Crippen LogP contribution is 2.31. The van der Waals surface area contributed by atoms with E-state index in [2.05, 4.69) is 69.5 Å². The van der Waals surface area contributed by atoms with Crippen LogP contribution in [0.25, 0.3) is 22.3 Å². The summed E-state index contributed by atoms with van der Waals surface area (Å²) in [7, 11) is 1.47. The number of methoxy groups -OCH3 is 1. The Kier molecular flexibility index (Phi) is 13.4. The van der Waals surface area contributed by atoms with Crippen molar-refractivity contribution in [2.24, 2.45) is 0 Å². The van der Waals surface area contributed by atoms with Crippen molar-refractivity contribution in [1.29, 1.82) is 0 Å². The van der Waals surface area contributed by atoms with Crippen LogP contribution in [0.2, 0.25) is 0 Å². The highest BCUT2D eigenvalue weighted by molar-refractivity contribution is 5.88. The van der Waals surface area contributed by atoms with Gasteiger partial charge in [0.25, 0.3) is 0 Å². The van der Waals surface area contributed by atoms with Crippen LogP contribution < -0.4 is 0 Å². The number of carbonyl (C=O) groups is 2. The first-order valence-electron chi connectivity index (χ1n) is 14.9. The molecular weight excluding hydrogens is 540 g/mol. The molecule has 0 radical (unpaired) electrons. The standard InChI is InChI=1S/C37H44O6/c1-6-8-9-10-28-11-13-32(14-12-28)35-20-19-33(21-29(35)7-2)30-15-17-31(18-16-30)34(24-42-36(39)26(3)22-38)25-43-37(40)27(4)23-41-5/h11-21,34,38H,3-4,6-10,22-25H2,1-2,5H3. The minimum Gasteiger partial charge on any atom is -0.461 e. The minimum atomic E-state index is -0.697. The molecule has 0 bridgehead atoms. The van der Waals surface area contributed by atoms with Gasteiger partial charge < -0.3 is 19.3 Å². The van der Waals surface area contributed by atoms with E-state index in [0.29, 0.717) is 0 Å². The Morgan fingerprint density at radius 2 is 1.40 bits per heavy atom. The summed E-state index contributed by atoms with van der Waals surface area (Å²) >= 11 is 0. The van der Waals surface area contributed by atoms with Gasteiger partial charge in [-0.2, -0.15) is 0 Å². The maximum atomic E-state index is 12.3. The number of esters is 2. The molecule has 0 fully saturated rings. The Morgan fingerprint density at radius 3 is 1.98 bits per heavy atom. The molecule has 0 saturated heterocycles. The molecule has 43 heavy (non-hydrogen) atoms. The van der Waals surface area contributed by atoms with Crippen LogP contribution >= 0.6 is 0 Å². The van der Waals surface area contributed by atoms with Gasteiger partial charge in [-0.3, -0.25) is 0 Å². The molecule has 0 aromatic heterocycles. The molecule has 0 heterocycles. The van der Waals surface area contributed by atoms with E-state index in [9.17, 15) is 14.7 Å². The van der Waals surface area contributed by atoms with E-state index in [1.165, 1.54) is 48.6 Å². The van der Waals surface area contributed by atoms with Gasteiger partial charge in [-0.25, -0.2) is 9.59 Å². The summed E-state index contributed by atoms with van der Waals surface area (Å²) in [4.78, 5) is 24.4. The normalized spacial score (nSPS) is 11.5. The lowest BCUT2D eigenvalue weighted by atomic mass is 9.92. The van der Waals surface area contributed by atoms with Gasteiger partial charge in [-0.05, 0) is 58.2 Å². The van der Waals surface area contributed by atoms with Crippen LogP contribution in [0.3, 0.4) is 0 Å². The first kappa shape index (κ1) is 33.5. The number of aliphatic hydroxyl groups is 1. The van der Waals surface area contributed by atoms with Gasteiger partial charge in [0.15, 0.2) is 0 Å². The van der Waals surface area contributed by atoms with Crippen LogP contribution in [-0.4, -0.2) is 50.6 Å². The van der Waals surface area contributed by atoms with Crippen LogP contribution in [0, 0.1) is 0 Å². The summed E-state index contributed by atoms with van der Waals surface area (Å²) in [6.45, 7) is 11.1. The van der Waals surface area contributed by atoms with Crippen LogP contribution in [0.5, 0.6) is 0 Å². The summed E-state index contributed by atoms with van der Waals surface area (Å²) in [6, 6.07) is 23.4.